The van der Waals surface area contributed by atoms with Gasteiger partial charge in [-0.15, -0.1) is 69.1 Å². The summed E-state index contributed by atoms with van der Waals surface area (Å²) in [6.45, 7) is 18.0. The van der Waals surface area contributed by atoms with Crippen LogP contribution in [0.2, 0.25) is 0 Å². The van der Waals surface area contributed by atoms with Crippen LogP contribution in [0.15, 0.2) is 109 Å². The molecule has 232 valence electrons. The van der Waals surface area contributed by atoms with E-state index in [2.05, 4.69) is 165 Å². The van der Waals surface area contributed by atoms with Crippen LogP contribution in [-0.2, 0) is 49.9 Å². The smallest absolute Gasteiger partial charge is 1.00 e. The summed E-state index contributed by atoms with van der Waals surface area (Å²) >= 11 is 0. The van der Waals surface area contributed by atoms with Gasteiger partial charge in [0, 0.05) is 0 Å². The standard InChI is InChI=1S/2C21H23.2ClH.Zr/c2*1-5-15-13-17-7-6-8-19(20(17)14-15)16-9-11-18(12-10-16)21(2,3)4;;;/h2*6-14H,5H2,1-4H3;2*1H;/q2*-1;;;+4/p-2. The van der Waals surface area contributed by atoms with E-state index in [0.29, 0.717) is 0 Å². The number of fused-ring (bicyclic) bond motifs is 2. The minimum atomic E-state index is 0. The molecule has 0 fully saturated rings. The quantitative estimate of drug-likeness (QED) is 0.192. The Bertz CT molecular complexity index is 1650. The fourth-order valence-corrected chi connectivity index (χ4v) is 5.80. The van der Waals surface area contributed by atoms with E-state index in [0.717, 1.165) is 12.8 Å². The van der Waals surface area contributed by atoms with Gasteiger partial charge in [-0.2, -0.15) is 12.1 Å². The average Bonchev–Trinajstić information content (AvgIpc) is 3.60. The third-order valence-electron chi connectivity index (χ3n) is 8.56. The molecular formula is C42H46Cl2Zr. The van der Waals surface area contributed by atoms with Crippen LogP contribution in [-0.4, -0.2) is 0 Å². The van der Waals surface area contributed by atoms with E-state index in [9.17, 15) is 0 Å². The molecule has 0 bridgehead atoms. The Labute approximate surface area is 303 Å². The van der Waals surface area contributed by atoms with Gasteiger partial charge in [0.25, 0.3) is 0 Å². The number of halogens is 2. The fraction of sp³-hybridized carbons (Fsp3) is 0.286. The van der Waals surface area contributed by atoms with Crippen molar-refractivity contribution in [3.8, 4) is 22.3 Å². The third-order valence-corrected chi connectivity index (χ3v) is 8.56. The van der Waals surface area contributed by atoms with E-state index >= 15 is 0 Å². The van der Waals surface area contributed by atoms with Gasteiger partial charge >= 0.3 is 26.2 Å². The second-order valence-electron chi connectivity index (χ2n) is 13.7. The van der Waals surface area contributed by atoms with Crippen molar-refractivity contribution in [2.45, 2.75) is 79.1 Å². The predicted octanol–water partition coefficient (Wildman–Crippen LogP) is 6.18. The Morgan fingerprint density at radius 1 is 0.489 bits per heavy atom. The summed E-state index contributed by atoms with van der Waals surface area (Å²) in [5.74, 6) is 0. The monoisotopic (exact) mass is 710 g/mol. The van der Waals surface area contributed by atoms with Gasteiger partial charge in [0.1, 0.15) is 0 Å². The first-order chi connectivity index (χ1) is 20.0. The molecule has 3 heteroatoms. The predicted molar refractivity (Wildman–Crippen MR) is 186 cm³/mol. The molecule has 0 spiro atoms. The van der Waals surface area contributed by atoms with Gasteiger partial charge in [0.15, 0.2) is 0 Å². The van der Waals surface area contributed by atoms with Gasteiger partial charge in [-0.1, -0.05) is 127 Å². The van der Waals surface area contributed by atoms with Crippen LogP contribution in [0.3, 0.4) is 0 Å². The Kier molecular flexibility index (Phi) is 13.7. The van der Waals surface area contributed by atoms with E-state index in [1.165, 1.54) is 66.1 Å². The van der Waals surface area contributed by atoms with Crippen molar-refractivity contribution in [3.05, 3.63) is 131 Å². The molecule has 6 aromatic carbocycles. The summed E-state index contributed by atoms with van der Waals surface area (Å²) in [5, 5.41) is 5.45. The molecule has 6 rings (SSSR count). The van der Waals surface area contributed by atoms with Crippen molar-refractivity contribution in [2.75, 3.05) is 0 Å². The Morgan fingerprint density at radius 3 is 1.11 bits per heavy atom. The molecule has 0 aliphatic rings. The molecule has 0 nitrogen and oxygen atoms in total. The molecule has 0 aromatic heterocycles. The van der Waals surface area contributed by atoms with Gasteiger partial charge in [0.05, 0.1) is 0 Å². The summed E-state index contributed by atoms with van der Waals surface area (Å²) in [5.41, 5.74) is 11.3. The number of aryl methyl sites for hydroxylation is 2. The summed E-state index contributed by atoms with van der Waals surface area (Å²) in [6, 6.07) is 40.6. The molecule has 0 saturated heterocycles. The van der Waals surface area contributed by atoms with Crippen molar-refractivity contribution in [3.63, 3.8) is 0 Å². The Balaban J connectivity index is 0.000000294. The van der Waals surface area contributed by atoms with Crippen molar-refractivity contribution >= 4 is 21.5 Å². The van der Waals surface area contributed by atoms with E-state index in [-0.39, 0.29) is 61.8 Å². The second-order valence-corrected chi connectivity index (χ2v) is 13.7. The summed E-state index contributed by atoms with van der Waals surface area (Å²) in [7, 11) is 0. The maximum absolute atomic E-state index is 2.34. The maximum atomic E-state index is 2.34. The van der Waals surface area contributed by atoms with E-state index < -0.39 is 0 Å². The van der Waals surface area contributed by atoms with Crippen LogP contribution in [0.1, 0.15) is 77.6 Å². The van der Waals surface area contributed by atoms with E-state index in [1.54, 1.807) is 0 Å². The maximum Gasteiger partial charge on any atom is 4.00 e. The average molecular weight is 713 g/mol. The first kappa shape index (κ1) is 38.7. The molecule has 6 aromatic rings. The fourth-order valence-electron chi connectivity index (χ4n) is 5.80. The third kappa shape index (κ3) is 8.89. The molecule has 0 heterocycles. The molecule has 0 amide bonds. The molecule has 0 aliphatic carbocycles. The zero-order chi connectivity index (χ0) is 30.1. The molecule has 45 heavy (non-hydrogen) atoms. The van der Waals surface area contributed by atoms with Gasteiger partial charge in [-0.05, 0) is 45.9 Å². The van der Waals surface area contributed by atoms with E-state index in [4.69, 9.17) is 0 Å². The van der Waals surface area contributed by atoms with Crippen molar-refractivity contribution in [1.29, 1.82) is 0 Å². The minimum absolute atomic E-state index is 0. The van der Waals surface area contributed by atoms with Crippen molar-refractivity contribution in [1.82, 2.24) is 0 Å². The van der Waals surface area contributed by atoms with Gasteiger partial charge < -0.3 is 24.8 Å². The molecule has 0 saturated carbocycles. The largest absolute Gasteiger partial charge is 4.00 e. The van der Waals surface area contributed by atoms with Gasteiger partial charge in [0.2, 0.25) is 0 Å². The van der Waals surface area contributed by atoms with Gasteiger partial charge in [-0.3, -0.25) is 0 Å². The molecule has 0 aliphatic heterocycles. The first-order valence-corrected chi connectivity index (χ1v) is 15.6. The first-order valence-electron chi connectivity index (χ1n) is 15.6. The SMILES string of the molecule is CCc1cc2c(-c3ccc(C(C)(C)C)cc3)cccc2[cH-]1.CCc1cc2c(-c3ccc(C(C)(C)C)cc3)cccc2[cH-]1.[Cl-].[Cl-].[Zr+4]. The van der Waals surface area contributed by atoms with Crippen molar-refractivity contribution in [2.24, 2.45) is 0 Å². The molecule has 0 N–H and O–H groups in total. The second kappa shape index (κ2) is 15.9. The normalized spacial score (nSPS) is 11.2. The number of rotatable bonds is 4. The Morgan fingerprint density at radius 2 is 0.822 bits per heavy atom. The Hall–Kier alpha value is -2.44. The van der Waals surface area contributed by atoms with Crippen LogP contribution < -0.4 is 24.8 Å². The topological polar surface area (TPSA) is 0 Å². The number of benzene rings is 4. The zero-order valence-corrected chi connectivity index (χ0v) is 32.0. The van der Waals surface area contributed by atoms with Crippen LogP contribution in [0.5, 0.6) is 0 Å². The summed E-state index contributed by atoms with van der Waals surface area (Å²) in [6.07, 6.45) is 2.19. The molecule has 0 unspecified atom stereocenters. The molecule has 0 atom stereocenters. The van der Waals surface area contributed by atoms with Crippen LogP contribution in [0.25, 0.3) is 43.8 Å². The zero-order valence-electron chi connectivity index (χ0n) is 28.1. The van der Waals surface area contributed by atoms with Crippen molar-refractivity contribution < 1.29 is 51.0 Å². The van der Waals surface area contributed by atoms with E-state index in [1.807, 2.05) is 0 Å². The minimum Gasteiger partial charge on any atom is -1.00 e. The molecule has 0 radical (unpaired) electrons. The van der Waals surface area contributed by atoms with Crippen LogP contribution >= 0.6 is 0 Å². The molecular weight excluding hydrogens is 667 g/mol. The van der Waals surface area contributed by atoms with Crippen LogP contribution in [0, 0.1) is 0 Å². The summed E-state index contributed by atoms with van der Waals surface area (Å²) < 4.78 is 0. The number of hydrogen-bond donors (Lipinski definition) is 0. The van der Waals surface area contributed by atoms with Crippen LogP contribution in [0.4, 0.5) is 0 Å². The number of hydrogen-bond acceptors (Lipinski definition) is 0. The summed E-state index contributed by atoms with van der Waals surface area (Å²) in [4.78, 5) is 0. The van der Waals surface area contributed by atoms with Gasteiger partial charge in [-0.25, -0.2) is 0 Å².